The van der Waals surface area contributed by atoms with Gasteiger partial charge in [-0.3, -0.25) is 0 Å². The van der Waals surface area contributed by atoms with Crippen molar-refractivity contribution in [1.29, 1.82) is 0 Å². The van der Waals surface area contributed by atoms with Gasteiger partial charge in [0.15, 0.2) is 0 Å². The lowest BCUT2D eigenvalue weighted by molar-refractivity contribution is 0.793. The van der Waals surface area contributed by atoms with E-state index in [-0.39, 0.29) is 6.04 Å². The minimum atomic E-state index is 0.00462. The molecular formula is C15H18INS. The van der Waals surface area contributed by atoms with E-state index in [1.165, 1.54) is 38.8 Å². The molecule has 1 unspecified atom stereocenters. The summed E-state index contributed by atoms with van der Waals surface area (Å²) in [5.41, 5.74) is 10.1. The van der Waals surface area contributed by atoms with Gasteiger partial charge in [0.2, 0.25) is 0 Å². The molecule has 0 saturated heterocycles. The first-order valence-corrected chi connectivity index (χ1v) is 8.25. The quantitative estimate of drug-likeness (QED) is 0.755. The van der Waals surface area contributed by atoms with Crippen molar-refractivity contribution in [2.45, 2.75) is 32.2 Å². The molecule has 0 spiro atoms. The molecule has 0 aliphatic rings. The van der Waals surface area contributed by atoms with Gasteiger partial charge in [-0.1, -0.05) is 37.6 Å². The molecule has 2 aromatic rings. The van der Waals surface area contributed by atoms with Crippen molar-refractivity contribution in [2.24, 2.45) is 5.73 Å². The van der Waals surface area contributed by atoms with E-state index < -0.39 is 0 Å². The fourth-order valence-corrected chi connectivity index (χ4v) is 3.36. The summed E-state index contributed by atoms with van der Waals surface area (Å²) in [7, 11) is 0. The first kappa shape index (κ1) is 14.0. The largest absolute Gasteiger partial charge is 0.320 e. The summed E-state index contributed by atoms with van der Waals surface area (Å²) in [5, 5.41) is 2.15. The van der Waals surface area contributed by atoms with E-state index >= 15 is 0 Å². The van der Waals surface area contributed by atoms with Gasteiger partial charge in [-0.25, -0.2) is 0 Å². The first-order chi connectivity index (χ1) is 8.70. The molecule has 3 heteroatoms. The number of aryl methyl sites for hydroxylation is 1. The van der Waals surface area contributed by atoms with E-state index in [0.29, 0.717) is 0 Å². The summed E-state index contributed by atoms with van der Waals surface area (Å²) < 4.78 is 1.29. The second kappa shape index (κ2) is 6.68. The highest BCUT2D eigenvalue weighted by atomic mass is 127. The monoisotopic (exact) mass is 371 g/mol. The minimum Gasteiger partial charge on any atom is -0.320 e. The van der Waals surface area contributed by atoms with Crippen LogP contribution < -0.4 is 5.73 Å². The minimum absolute atomic E-state index is 0.00462. The summed E-state index contributed by atoms with van der Waals surface area (Å²) in [5.74, 6) is 0. The highest BCUT2D eigenvalue weighted by Gasteiger charge is 2.10. The van der Waals surface area contributed by atoms with Crippen molar-refractivity contribution in [3.63, 3.8) is 0 Å². The molecule has 1 atom stereocenters. The zero-order valence-corrected chi connectivity index (χ0v) is 13.5. The normalized spacial score (nSPS) is 12.6. The van der Waals surface area contributed by atoms with Gasteiger partial charge < -0.3 is 5.73 Å². The van der Waals surface area contributed by atoms with Crippen LogP contribution in [0.15, 0.2) is 35.7 Å². The average molecular weight is 371 g/mol. The van der Waals surface area contributed by atoms with Crippen molar-refractivity contribution in [3.05, 3.63) is 55.3 Å². The molecule has 1 nitrogen and oxygen atoms in total. The lowest BCUT2D eigenvalue weighted by Crippen LogP contribution is -2.10. The molecule has 1 aromatic heterocycles. The van der Waals surface area contributed by atoms with Crippen LogP contribution in [0.5, 0.6) is 0 Å². The van der Waals surface area contributed by atoms with Gasteiger partial charge in [-0.15, -0.1) is 11.3 Å². The zero-order chi connectivity index (χ0) is 13.0. The zero-order valence-electron chi connectivity index (χ0n) is 10.5. The maximum absolute atomic E-state index is 6.28. The van der Waals surface area contributed by atoms with Gasteiger partial charge in [0.25, 0.3) is 0 Å². The van der Waals surface area contributed by atoms with Crippen LogP contribution in [0, 0.1) is 2.88 Å². The summed E-state index contributed by atoms with van der Waals surface area (Å²) in [4.78, 5) is 0. The lowest BCUT2D eigenvalue weighted by Gasteiger charge is -2.11. The van der Waals surface area contributed by atoms with Crippen LogP contribution in [0.4, 0.5) is 0 Å². The summed E-state index contributed by atoms with van der Waals surface area (Å²) in [6.45, 7) is 2.22. The molecule has 1 heterocycles. The second-order valence-electron chi connectivity index (χ2n) is 4.51. The molecule has 0 aliphatic heterocycles. The highest BCUT2D eigenvalue weighted by molar-refractivity contribution is 14.1. The Balaban J connectivity index is 2.09. The van der Waals surface area contributed by atoms with Gasteiger partial charge in [0, 0.05) is 0 Å². The van der Waals surface area contributed by atoms with Crippen molar-refractivity contribution < 1.29 is 0 Å². The predicted octanol–water partition coefficient (Wildman–Crippen LogP) is 4.74. The third kappa shape index (κ3) is 3.56. The Hall–Kier alpha value is -0.390. The van der Waals surface area contributed by atoms with Crippen molar-refractivity contribution in [2.75, 3.05) is 0 Å². The number of hydrogen-bond acceptors (Lipinski definition) is 2. The number of unbranched alkanes of at least 4 members (excludes halogenated alkanes) is 1. The molecule has 2 rings (SSSR count). The van der Waals surface area contributed by atoms with Crippen LogP contribution in [0.25, 0.3) is 0 Å². The van der Waals surface area contributed by atoms with Crippen molar-refractivity contribution in [3.8, 4) is 0 Å². The molecule has 18 heavy (non-hydrogen) atoms. The number of benzene rings is 1. The number of nitrogens with two attached hydrogens (primary N) is 1. The maximum atomic E-state index is 6.28. The SMILES string of the molecule is CCCCc1ccc(C(N)c2csc(I)c2)cc1. The number of halogens is 1. The molecule has 0 fully saturated rings. The number of rotatable bonds is 5. The van der Waals surface area contributed by atoms with Gasteiger partial charge >= 0.3 is 0 Å². The first-order valence-electron chi connectivity index (χ1n) is 6.29. The second-order valence-corrected chi connectivity index (χ2v) is 7.31. The fourth-order valence-electron chi connectivity index (χ4n) is 1.95. The van der Waals surface area contributed by atoms with E-state index in [4.69, 9.17) is 5.73 Å². The highest BCUT2D eigenvalue weighted by Crippen LogP contribution is 2.25. The molecule has 0 saturated carbocycles. The molecule has 0 radical (unpaired) electrons. The Morgan fingerprint density at radius 3 is 2.50 bits per heavy atom. The average Bonchev–Trinajstić information content (AvgIpc) is 2.83. The summed E-state index contributed by atoms with van der Waals surface area (Å²) in [6, 6.07) is 10.9. The van der Waals surface area contributed by atoms with Gasteiger partial charge in [-0.05, 0) is 63.6 Å². The van der Waals surface area contributed by atoms with E-state index in [1.54, 1.807) is 11.3 Å². The molecule has 96 valence electrons. The number of thiophene rings is 1. The van der Waals surface area contributed by atoms with Crippen LogP contribution in [-0.4, -0.2) is 0 Å². The molecule has 0 amide bonds. The standard InChI is InChI=1S/C15H18INS/c1-2-3-4-11-5-7-12(8-6-11)15(17)13-9-14(16)18-10-13/h5-10,15H,2-4,17H2,1H3. The number of hydrogen-bond donors (Lipinski definition) is 1. The van der Waals surface area contributed by atoms with Gasteiger partial charge in [0.1, 0.15) is 0 Å². The van der Waals surface area contributed by atoms with E-state index in [0.717, 1.165) is 0 Å². The summed E-state index contributed by atoms with van der Waals surface area (Å²) >= 11 is 4.09. The van der Waals surface area contributed by atoms with Gasteiger partial charge in [0.05, 0.1) is 8.93 Å². The molecule has 0 aliphatic carbocycles. The maximum Gasteiger partial charge on any atom is 0.0656 e. The van der Waals surface area contributed by atoms with E-state index in [9.17, 15) is 0 Å². The molecule has 1 aromatic carbocycles. The van der Waals surface area contributed by atoms with Crippen LogP contribution in [0.1, 0.15) is 42.5 Å². The van der Waals surface area contributed by atoms with Crippen molar-refractivity contribution >= 4 is 33.9 Å². The van der Waals surface area contributed by atoms with E-state index in [1.807, 2.05) is 0 Å². The Labute approximate surface area is 127 Å². The fraction of sp³-hybridized carbons (Fsp3) is 0.333. The van der Waals surface area contributed by atoms with Crippen LogP contribution in [0.3, 0.4) is 0 Å². The van der Waals surface area contributed by atoms with Crippen LogP contribution in [0.2, 0.25) is 0 Å². The van der Waals surface area contributed by atoms with Crippen molar-refractivity contribution in [1.82, 2.24) is 0 Å². The third-order valence-electron chi connectivity index (χ3n) is 3.10. The smallest absolute Gasteiger partial charge is 0.0656 e. The predicted molar refractivity (Wildman–Crippen MR) is 88.1 cm³/mol. The van der Waals surface area contributed by atoms with Crippen LogP contribution >= 0.6 is 33.9 Å². The Kier molecular flexibility index (Phi) is 5.21. The summed E-state index contributed by atoms with van der Waals surface area (Å²) in [6.07, 6.45) is 3.67. The lowest BCUT2D eigenvalue weighted by atomic mass is 9.99. The molecule has 0 bridgehead atoms. The van der Waals surface area contributed by atoms with Gasteiger partial charge in [-0.2, -0.15) is 0 Å². The topological polar surface area (TPSA) is 26.0 Å². The third-order valence-corrected chi connectivity index (χ3v) is 4.91. The Bertz CT molecular complexity index is 489. The molecular weight excluding hydrogens is 353 g/mol. The van der Waals surface area contributed by atoms with E-state index in [2.05, 4.69) is 65.2 Å². The Morgan fingerprint density at radius 2 is 1.94 bits per heavy atom. The molecule has 2 N–H and O–H groups in total. The Morgan fingerprint density at radius 1 is 1.22 bits per heavy atom. The van der Waals surface area contributed by atoms with Crippen LogP contribution in [-0.2, 0) is 6.42 Å².